The zero-order valence-corrected chi connectivity index (χ0v) is 13.0. The van der Waals surface area contributed by atoms with Crippen LogP contribution in [0.15, 0.2) is 41.1 Å². The molecule has 0 aliphatic carbocycles. The molecule has 2 aromatic rings. The first-order chi connectivity index (χ1) is 11.6. The molecule has 8 nitrogen and oxygen atoms in total. The second-order valence-corrected chi connectivity index (χ2v) is 4.68. The Kier molecular flexibility index (Phi) is 6.07. The zero-order chi connectivity index (χ0) is 17.4. The Morgan fingerprint density at radius 2 is 1.88 bits per heavy atom. The number of anilines is 1. The molecule has 1 amide bonds. The van der Waals surface area contributed by atoms with Gasteiger partial charge in [0.1, 0.15) is 12.0 Å². The molecule has 8 heteroatoms. The summed E-state index contributed by atoms with van der Waals surface area (Å²) in [5.74, 6) is -0.557. The van der Waals surface area contributed by atoms with Gasteiger partial charge in [0.2, 0.25) is 0 Å². The Hall–Kier alpha value is -3.16. The lowest BCUT2D eigenvalue weighted by Crippen LogP contribution is -2.23. The van der Waals surface area contributed by atoms with Crippen molar-refractivity contribution in [2.24, 2.45) is 0 Å². The molecule has 0 spiro atoms. The number of hydrogen-bond donors (Lipinski definition) is 1. The number of ether oxygens (including phenoxy) is 2. The Morgan fingerprint density at radius 3 is 2.50 bits per heavy atom. The lowest BCUT2D eigenvalue weighted by Gasteiger charge is -2.07. The van der Waals surface area contributed by atoms with E-state index >= 15 is 0 Å². The highest BCUT2D eigenvalue weighted by Gasteiger charge is 2.10. The number of ketones is 1. The van der Waals surface area contributed by atoms with Crippen molar-refractivity contribution in [2.45, 2.75) is 13.3 Å². The first-order valence-corrected chi connectivity index (χ1v) is 7.20. The molecule has 1 N–H and O–H groups in total. The van der Waals surface area contributed by atoms with Gasteiger partial charge in [0.25, 0.3) is 5.91 Å². The van der Waals surface area contributed by atoms with E-state index in [0.717, 1.165) is 0 Å². The molecule has 2 rings (SSSR count). The van der Waals surface area contributed by atoms with Crippen LogP contribution in [0.4, 0.5) is 5.82 Å². The number of amides is 1. The molecule has 0 unspecified atom stereocenters. The number of nitrogens with zero attached hydrogens (tertiary/aromatic N) is 1. The van der Waals surface area contributed by atoms with Gasteiger partial charge in [-0.25, -0.2) is 4.79 Å². The molecule has 1 aromatic carbocycles. The van der Waals surface area contributed by atoms with Crippen LogP contribution in [-0.2, 0) is 14.3 Å². The maximum Gasteiger partial charge on any atom is 0.344 e. The highest BCUT2D eigenvalue weighted by molar-refractivity contribution is 5.95. The van der Waals surface area contributed by atoms with E-state index in [0.29, 0.717) is 17.7 Å². The van der Waals surface area contributed by atoms with Crippen molar-refractivity contribution in [3.05, 3.63) is 42.2 Å². The SMILES string of the molecule is CCC(=O)c1ccc(OCC(=O)OCC(=O)Nc2ccon2)cc1. The van der Waals surface area contributed by atoms with Gasteiger partial charge in [-0.1, -0.05) is 12.1 Å². The molecule has 0 atom stereocenters. The molecule has 126 valence electrons. The fraction of sp³-hybridized carbons (Fsp3) is 0.250. The Balaban J connectivity index is 1.71. The summed E-state index contributed by atoms with van der Waals surface area (Å²) in [6.07, 6.45) is 1.72. The molecule has 0 saturated heterocycles. The van der Waals surface area contributed by atoms with Crippen LogP contribution in [0.25, 0.3) is 0 Å². The summed E-state index contributed by atoms with van der Waals surface area (Å²) < 4.78 is 14.5. The van der Waals surface area contributed by atoms with Crippen molar-refractivity contribution >= 4 is 23.5 Å². The molecule has 0 radical (unpaired) electrons. The van der Waals surface area contributed by atoms with E-state index in [9.17, 15) is 14.4 Å². The second-order valence-electron chi connectivity index (χ2n) is 4.68. The summed E-state index contributed by atoms with van der Waals surface area (Å²) in [7, 11) is 0. The summed E-state index contributed by atoms with van der Waals surface area (Å²) in [5.41, 5.74) is 0.581. The lowest BCUT2D eigenvalue weighted by molar-refractivity contribution is -0.149. The topological polar surface area (TPSA) is 108 Å². The van der Waals surface area contributed by atoms with Gasteiger partial charge in [-0.05, 0) is 24.3 Å². The van der Waals surface area contributed by atoms with Gasteiger partial charge in [-0.2, -0.15) is 0 Å². The number of carbonyl (C=O) groups is 3. The van der Waals surface area contributed by atoms with Crippen molar-refractivity contribution in [1.82, 2.24) is 5.16 Å². The van der Waals surface area contributed by atoms with Crippen molar-refractivity contribution in [1.29, 1.82) is 0 Å². The minimum atomic E-state index is -0.695. The van der Waals surface area contributed by atoms with Gasteiger partial charge in [-0.15, -0.1) is 0 Å². The Bertz CT molecular complexity index is 694. The van der Waals surface area contributed by atoms with Gasteiger partial charge in [0.05, 0.1) is 0 Å². The number of esters is 1. The van der Waals surface area contributed by atoms with E-state index in [2.05, 4.69) is 15.0 Å². The van der Waals surface area contributed by atoms with Crippen molar-refractivity contribution < 1.29 is 28.4 Å². The third-order valence-electron chi connectivity index (χ3n) is 2.92. The van der Waals surface area contributed by atoms with Crippen LogP contribution in [0.1, 0.15) is 23.7 Å². The van der Waals surface area contributed by atoms with Crippen LogP contribution < -0.4 is 10.1 Å². The van der Waals surface area contributed by atoms with Gasteiger partial charge >= 0.3 is 5.97 Å². The van der Waals surface area contributed by atoms with E-state index in [1.54, 1.807) is 31.2 Å². The number of nitrogens with one attached hydrogen (secondary N) is 1. The summed E-state index contributed by atoms with van der Waals surface area (Å²) in [4.78, 5) is 34.5. The maximum atomic E-state index is 11.5. The number of benzene rings is 1. The molecule has 0 aliphatic rings. The van der Waals surface area contributed by atoms with Crippen LogP contribution in [0, 0.1) is 0 Å². The molecule has 1 heterocycles. The van der Waals surface area contributed by atoms with E-state index in [4.69, 9.17) is 9.47 Å². The molecule has 1 aromatic heterocycles. The molecule has 0 fully saturated rings. The third-order valence-corrected chi connectivity index (χ3v) is 2.92. The molecule has 0 aliphatic heterocycles. The van der Waals surface area contributed by atoms with Gasteiger partial charge < -0.3 is 19.3 Å². The van der Waals surface area contributed by atoms with Crippen molar-refractivity contribution in [2.75, 3.05) is 18.5 Å². The lowest BCUT2D eigenvalue weighted by atomic mass is 10.1. The summed E-state index contributed by atoms with van der Waals surface area (Å²) in [5, 5.41) is 5.87. The number of rotatable bonds is 8. The average molecular weight is 332 g/mol. The Morgan fingerprint density at radius 1 is 1.12 bits per heavy atom. The average Bonchev–Trinajstić information content (AvgIpc) is 3.10. The first kappa shape index (κ1) is 17.2. The normalized spacial score (nSPS) is 10.0. The summed E-state index contributed by atoms with van der Waals surface area (Å²) in [6, 6.07) is 7.88. The van der Waals surface area contributed by atoms with Crippen LogP contribution in [0.3, 0.4) is 0 Å². The fourth-order valence-corrected chi connectivity index (χ4v) is 1.73. The molecule has 0 bridgehead atoms. The van der Waals surface area contributed by atoms with Crippen LogP contribution in [0.2, 0.25) is 0 Å². The second kappa shape index (κ2) is 8.47. The highest BCUT2D eigenvalue weighted by atomic mass is 16.6. The highest BCUT2D eigenvalue weighted by Crippen LogP contribution is 2.13. The smallest absolute Gasteiger partial charge is 0.344 e. The number of carbonyl (C=O) groups excluding carboxylic acids is 3. The standard InChI is InChI=1S/C16H16N2O6/c1-2-13(19)11-3-5-12(6-4-11)22-10-16(21)23-9-15(20)17-14-7-8-24-18-14/h3-8H,2,9-10H2,1H3,(H,17,18,20). The number of Topliss-reactive ketones (excluding diaryl/α,β-unsaturated/α-hetero) is 1. The minimum Gasteiger partial charge on any atom is -0.482 e. The third kappa shape index (κ3) is 5.24. The van der Waals surface area contributed by atoms with Crippen LogP contribution >= 0.6 is 0 Å². The van der Waals surface area contributed by atoms with Gasteiger partial charge in [0, 0.05) is 18.1 Å². The Labute approximate surface area is 137 Å². The zero-order valence-electron chi connectivity index (χ0n) is 13.0. The van der Waals surface area contributed by atoms with E-state index in [1.165, 1.54) is 12.3 Å². The predicted octanol–water partition coefficient (Wildman–Crippen LogP) is 1.83. The maximum absolute atomic E-state index is 11.5. The number of aromatic nitrogens is 1. The fourth-order valence-electron chi connectivity index (χ4n) is 1.73. The summed E-state index contributed by atoms with van der Waals surface area (Å²) in [6.45, 7) is 0.971. The van der Waals surface area contributed by atoms with Crippen molar-refractivity contribution in [3.8, 4) is 5.75 Å². The van der Waals surface area contributed by atoms with E-state index in [1.807, 2.05) is 0 Å². The monoisotopic (exact) mass is 332 g/mol. The van der Waals surface area contributed by atoms with E-state index < -0.39 is 18.5 Å². The quantitative estimate of drug-likeness (QED) is 0.580. The first-order valence-electron chi connectivity index (χ1n) is 7.20. The number of hydrogen-bond acceptors (Lipinski definition) is 7. The van der Waals surface area contributed by atoms with Gasteiger partial charge in [0.15, 0.2) is 24.8 Å². The van der Waals surface area contributed by atoms with E-state index in [-0.39, 0.29) is 18.2 Å². The van der Waals surface area contributed by atoms with Crippen molar-refractivity contribution in [3.63, 3.8) is 0 Å². The minimum absolute atomic E-state index is 0.0269. The summed E-state index contributed by atoms with van der Waals surface area (Å²) >= 11 is 0. The van der Waals surface area contributed by atoms with Gasteiger partial charge in [-0.3, -0.25) is 9.59 Å². The predicted molar refractivity (Wildman–Crippen MR) is 82.7 cm³/mol. The molecular weight excluding hydrogens is 316 g/mol. The largest absolute Gasteiger partial charge is 0.482 e. The van der Waals surface area contributed by atoms with Crippen LogP contribution in [0.5, 0.6) is 5.75 Å². The van der Waals surface area contributed by atoms with Crippen LogP contribution in [-0.4, -0.2) is 36.0 Å². The molecular formula is C16H16N2O6. The molecule has 24 heavy (non-hydrogen) atoms. The molecule has 0 saturated carbocycles.